The third-order valence-electron chi connectivity index (χ3n) is 11.4. The number of rotatable bonds is 16. The summed E-state index contributed by atoms with van der Waals surface area (Å²) >= 11 is 0. The van der Waals surface area contributed by atoms with E-state index in [9.17, 15) is 32.4 Å². The number of fused-ring (bicyclic) bond motifs is 1. The van der Waals surface area contributed by atoms with Crippen LogP contribution in [-0.4, -0.2) is 91.0 Å². The first-order chi connectivity index (χ1) is 23.7. The van der Waals surface area contributed by atoms with Crippen molar-refractivity contribution in [2.45, 2.75) is 110 Å². The quantitative estimate of drug-likeness (QED) is 0.188. The SMILES string of the molecule is CC(C)[C@@H](CN(CC1CC1)S(=O)(=O)c1ccccc1)NC(=O)N[C@H](C(=O)N1C[C@H]2[C@@H]([C@H]1C(=O)NC(CC1CC1)C(=O)C(N)=O)C2(C)C)C(C)(C)C. The van der Waals surface area contributed by atoms with Crippen molar-refractivity contribution in [3.8, 4) is 0 Å². The Morgan fingerprint density at radius 3 is 2.10 bits per heavy atom. The Morgan fingerprint density at radius 2 is 1.57 bits per heavy atom. The number of nitrogens with zero attached hydrogens (tertiary/aromatic N) is 2. The number of carbonyl (C=O) groups is 5. The fourth-order valence-corrected chi connectivity index (χ4v) is 9.12. The molecule has 4 fully saturated rings. The van der Waals surface area contributed by atoms with E-state index in [-0.39, 0.29) is 46.4 Å². The molecule has 4 aliphatic rings. The van der Waals surface area contributed by atoms with Gasteiger partial charge in [0, 0.05) is 25.7 Å². The summed E-state index contributed by atoms with van der Waals surface area (Å²) in [6.45, 7) is 14.1. The maximum Gasteiger partial charge on any atom is 0.315 e. The van der Waals surface area contributed by atoms with Crippen LogP contribution >= 0.6 is 0 Å². The van der Waals surface area contributed by atoms with Crippen molar-refractivity contribution >= 4 is 39.6 Å². The first-order valence-corrected chi connectivity index (χ1v) is 19.7. The number of Topliss-reactive ketones (excluding diaryl/α,β-unsaturated/α-hetero) is 1. The second-order valence-corrected chi connectivity index (χ2v) is 19.1. The van der Waals surface area contributed by atoms with Gasteiger partial charge in [-0.15, -0.1) is 0 Å². The molecule has 3 saturated carbocycles. The minimum absolute atomic E-state index is 0.0507. The van der Waals surface area contributed by atoms with Gasteiger partial charge in [-0.2, -0.15) is 4.31 Å². The van der Waals surface area contributed by atoms with E-state index in [4.69, 9.17) is 5.73 Å². The first-order valence-electron chi connectivity index (χ1n) is 18.3. The van der Waals surface area contributed by atoms with Crippen molar-refractivity contribution in [2.24, 2.45) is 46.2 Å². The Labute approximate surface area is 302 Å². The van der Waals surface area contributed by atoms with E-state index in [1.54, 1.807) is 30.3 Å². The van der Waals surface area contributed by atoms with Gasteiger partial charge in [-0.1, -0.05) is 79.5 Å². The van der Waals surface area contributed by atoms with E-state index < -0.39 is 69.1 Å². The number of sulfonamides is 1. The van der Waals surface area contributed by atoms with Gasteiger partial charge in [0.25, 0.3) is 5.91 Å². The summed E-state index contributed by atoms with van der Waals surface area (Å²) in [7, 11) is -3.82. The van der Waals surface area contributed by atoms with Gasteiger partial charge in [0.15, 0.2) is 0 Å². The van der Waals surface area contributed by atoms with Gasteiger partial charge >= 0.3 is 6.03 Å². The lowest BCUT2D eigenvalue weighted by Crippen LogP contribution is -2.62. The van der Waals surface area contributed by atoms with Gasteiger partial charge in [0.1, 0.15) is 12.1 Å². The molecule has 1 heterocycles. The lowest BCUT2D eigenvalue weighted by atomic mass is 9.85. The summed E-state index contributed by atoms with van der Waals surface area (Å²) in [5, 5.41) is 8.61. The molecule has 0 aromatic heterocycles. The number of amides is 5. The number of nitrogens with one attached hydrogen (secondary N) is 3. The van der Waals surface area contributed by atoms with E-state index in [0.29, 0.717) is 19.5 Å². The van der Waals surface area contributed by atoms with E-state index >= 15 is 0 Å². The Balaban J connectivity index is 1.32. The van der Waals surface area contributed by atoms with Crippen LogP contribution in [0.1, 0.15) is 80.6 Å². The van der Waals surface area contributed by atoms with E-state index in [1.165, 1.54) is 9.21 Å². The normalized spacial score (nSPS) is 24.3. The summed E-state index contributed by atoms with van der Waals surface area (Å²) in [6, 6.07) is 4.10. The number of piperidine rings is 1. The fraction of sp³-hybridized carbons (Fsp3) is 0.703. The van der Waals surface area contributed by atoms with Gasteiger partial charge < -0.3 is 26.6 Å². The van der Waals surface area contributed by atoms with Crippen LogP contribution in [0.5, 0.6) is 0 Å². The van der Waals surface area contributed by atoms with Gasteiger partial charge in [-0.3, -0.25) is 19.2 Å². The maximum atomic E-state index is 14.4. The van der Waals surface area contributed by atoms with Crippen LogP contribution in [0.3, 0.4) is 0 Å². The number of nitrogens with two attached hydrogens (primary N) is 1. The third kappa shape index (κ3) is 8.76. The molecule has 1 aromatic rings. The zero-order valence-electron chi connectivity index (χ0n) is 31.0. The third-order valence-corrected chi connectivity index (χ3v) is 13.2. The molecule has 1 saturated heterocycles. The van der Waals surface area contributed by atoms with E-state index in [0.717, 1.165) is 25.7 Å². The monoisotopic (exact) mass is 728 g/mol. The topological polar surface area (TPSA) is 188 Å². The number of hydrogen-bond acceptors (Lipinski definition) is 7. The molecule has 5 amide bonds. The molecule has 1 aliphatic heterocycles. The average Bonchev–Trinajstić information content (AvgIpc) is 4.01. The molecular weight excluding hydrogens is 673 g/mol. The highest BCUT2D eigenvalue weighted by Gasteiger charge is 2.70. The number of benzene rings is 1. The van der Waals surface area contributed by atoms with E-state index in [1.807, 2.05) is 48.5 Å². The van der Waals surface area contributed by atoms with Crippen molar-refractivity contribution in [1.82, 2.24) is 25.2 Å². The molecule has 5 rings (SSSR count). The standard InChI is InChI=1S/C37H56N6O7S/c1-21(2)27(20-42(18-23-15-16-23)51(49,50)24-11-9-8-10-12-24)40-35(48)41-31(36(3,4)5)34(47)43-19-25-28(37(25,6)7)29(43)33(46)39-26(17-22-13-14-22)30(44)32(38)45/h8-12,21-23,25-29,31H,13-20H2,1-7H3,(H2,38,45)(H,39,46)(H2,40,41,48)/t25-,26?,27+,28-,29-,31+/m0/s1. The first kappa shape index (κ1) is 38.7. The fourth-order valence-electron chi connectivity index (χ4n) is 7.56. The summed E-state index contributed by atoms with van der Waals surface area (Å²) in [6.07, 6.45) is 4.04. The van der Waals surface area contributed by atoms with Crippen molar-refractivity contribution < 1.29 is 32.4 Å². The highest BCUT2D eigenvalue weighted by molar-refractivity contribution is 7.89. The van der Waals surface area contributed by atoms with Crippen LogP contribution in [0.25, 0.3) is 0 Å². The zero-order valence-corrected chi connectivity index (χ0v) is 31.8. The molecule has 14 heteroatoms. The molecule has 0 spiro atoms. The number of likely N-dealkylation sites (tertiary alicyclic amines) is 1. The van der Waals surface area contributed by atoms with Crippen molar-refractivity contribution in [3.05, 3.63) is 30.3 Å². The molecule has 13 nitrogen and oxygen atoms in total. The minimum atomic E-state index is -3.82. The Hall–Kier alpha value is -3.52. The van der Waals surface area contributed by atoms with Crippen LogP contribution in [-0.2, 0) is 29.2 Å². The maximum absolute atomic E-state index is 14.4. The predicted octanol–water partition coefficient (Wildman–Crippen LogP) is 2.65. The molecule has 5 N–H and O–H groups in total. The number of urea groups is 1. The minimum Gasteiger partial charge on any atom is -0.363 e. The molecule has 282 valence electrons. The molecular formula is C37H56N6O7S. The molecule has 0 bridgehead atoms. The number of primary amides is 1. The highest BCUT2D eigenvalue weighted by Crippen LogP contribution is 2.65. The Kier molecular flexibility index (Phi) is 11.0. The van der Waals surface area contributed by atoms with Gasteiger partial charge in [0.2, 0.25) is 27.6 Å². The van der Waals surface area contributed by atoms with Crippen LogP contribution in [0, 0.1) is 40.4 Å². The zero-order chi connectivity index (χ0) is 37.6. The van der Waals surface area contributed by atoms with Gasteiger partial charge in [-0.25, -0.2) is 13.2 Å². The highest BCUT2D eigenvalue weighted by atomic mass is 32.2. The van der Waals surface area contributed by atoms with E-state index in [2.05, 4.69) is 16.0 Å². The van der Waals surface area contributed by atoms with Crippen LogP contribution in [0.2, 0.25) is 0 Å². The van der Waals surface area contributed by atoms with Crippen LogP contribution < -0.4 is 21.7 Å². The molecule has 0 radical (unpaired) electrons. The lowest BCUT2D eigenvalue weighted by molar-refractivity contribution is -0.145. The summed E-state index contributed by atoms with van der Waals surface area (Å²) in [5.41, 5.74) is 4.34. The van der Waals surface area contributed by atoms with Crippen molar-refractivity contribution in [2.75, 3.05) is 19.6 Å². The number of carbonyl (C=O) groups excluding carboxylic acids is 5. The van der Waals surface area contributed by atoms with Crippen LogP contribution in [0.15, 0.2) is 35.2 Å². The molecule has 1 unspecified atom stereocenters. The van der Waals surface area contributed by atoms with Gasteiger partial charge in [-0.05, 0) is 71.8 Å². The summed E-state index contributed by atoms with van der Waals surface area (Å²) in [5.74, 6) is -2.64. The van der Waals surface area contributed by atoms with Crippen molar-refractivity contribution in [3.63, 3.8) is 0 Å². The molecule has 51 heavy (non-hydrogen) atoms. The molecule has 3 aliphatic carbocycles. The predicted molar refractivity (Wildman–Crippen MR) is 191 cm³/mol. The smallest absolute Gasteiger partial charge is 0.315 e. The summed E-state index contributed by atoms with van der Waals surface area (Å²) < 4.78 is 28.9. The summed E-state index contributed by atoms with van der Waals surface area (Å²) in [4.78, 5) is 68.3. The molecule has 6 atom stereocenters. The van der Waals surface area contributed by atoms with Crippen LogP contribution in [0.4, 0.5) is 4.79 Å². The van der Waals surface area contributed by atoms with Crippen molar-refractivity contribution in [1.29, 1.82) is 0 Å². The number of hydrogen-bond donors (Lipinski definition) is 4. The number of ketones is 1. The largest absolute Gasteiger partial charge is 0.363 e. The molecule has 1 aromatic carbocycles. The average molecular weight is 729 g/mol. The van der Waals surface area contributed by atoms with Gasteiger partial charge in [0.05, 0.1) is 10.9 Å². The Morgan fingerprint density at radius 1 is 0.961 bits per heavy atom. The Bertz CT molecular complexity index is 1620. The lowest BCUT2D eigenvalue weighted by Gasteiger charge is -2.38. The second kappa shape index (κ2) is 14.5. The second-order valence-electron chi connectivity index (χ2n) is 17.2.